The number of carbonyl (C=O) groups is 1. The van der Waals surface area contributed by atoms with Crippen LogP contribution in [0.25, 0.3) is 0 Å². The number of hydrogen-bond acceptors (Lipinski definition) is 9. The van der Waals surface area contributed by atoms with Gasteiger partial charge in [-0.3, -0.25) is 24.6 Å². The lowest BCUT2D eigenvalue weighted by molar-refractivity contribution is -0.386. The number of aliphatic imine (C=N–C) groups is 1. The molecule has 0 fully saturated rings. The van der Waals surface area contributed by atoms with Crippen molar-refractivity contribution in [3.05, 3.63) is 50.8 Å². The standard InChI is InChI=1S/C20H24N6O4S2/c1-12-18(26(28)29)13(2)25(24-12)14(3)19(27)23-22-10-15-5-6-17(30-4)16(9-15)11-32-20-21-7-8-31-20/h5-6,9-10,14H,7-8,11H2,1-4H3,(H,23,27)/b22-10+. The molecule has 0 saturated carbocycles. The molecule has 1 aliphatic rings. The second kappa shape index (κ2) is 10.6. The van der Waals surface area contributed by atoms with E-state index in [0.29, 0.717) is 5.69 Å². The number of carbonyl (C=O) groups excluding carboxylic acids is 1. The van der Waals surface area contributed by atoms with Gasteiger partial charge in [0.2, 0.25) is 0 Å². The molecule has 0 bridgehead atoms. The molecule has 12 heteroatoms. The van der Waals surface area contributed by atoms with Crippen molar-refractivity contribution in [2.24, 2.45) is 10.1 Å². The molecule has 1 aromatic heterocycles. The summed E-state index contributed by atoms with van der Waals surface area (Å²) in [4.78, 5) is 27.6. The summed E-state index contributed by atoms with van der Waals surface area (Å²) in [5, 5.41) is 19.4. The molecule has 32 heavy (non-hydrogen) atoms. The van der Waals surface area contributed by atoms with Crippen LogP contribution in [-0.4, -0.2) is 50.6 Å². The third-order valence-electron chi connectivity index (χ3n) is 4.82. The van der Waals surface area contributed by atoms with Crippen LogP contribution in [0.1, 0.15) is 35.5 Å². The van der Waals surface area contributed by atoms with Crippen LogP contribution >= 0.6 is 23.5 Å². The van der Waals surface area contributed by atoms with Crippen LogP contribution in [0.4, 0.5) is 5.69 Å². The number of methoxy groups -OCH3 is 1. The topological polar surface area (TPSA) is 124 Å². The van der Waals surface area contributed by atoms with E-state index in [-0.39, 0.29) is 11.4 Å². The second-order valence-electron chi connectivity index (χ2n) is 6.99. The molecule has 0 radical (unpaired) electrons. The molecular weight excluding hydrogens is 452 g/mol. The number of aryl methyl sites for hydroxylation is 1. The Balaban J connectivity index is 1.66. The lowest BCUT2D eigenvalue weighted by Gasteiger charge is -2.12. The Kier molecular flexibility index (Phi) is 7.91. The number of hydrogen-bond donors (Lipinski definition) is 1. The van der Waals surface area contributed by atoms with Crippen LogP contribution in [-0.2, 0) is 10.5 Å². The lowest BCUT2D eigenvalue weighted by Crippen LogP contribution is -2.28. The zero-order valence-electron chi connectivity index (χ0n) is 18.2. The molecular formula is C20H24N6O4S2. The first-order valence-electron chi connectivity index (χ1n) is 9.81. The fourth-order valence-corrected chi connectivity index (χ4v) is 5.19. The van der Waals surface area contributed by atoms with Crippen LogP contribution in [0.3, 0.4) is 0 Å². The van der Waals surface area contributed by atoms with E-state index in [2.05, 4.69) is 20.6 Å². The molecule has 1 N–H and O–H groups in total. The Hall–Kier alpha value is -2.86. The van der Waals surface area contributed by atoms with Gasteiger partial charge in [-0.25, -0.2) is 5.43 Å². The number of rotatable bonds is 8. The maximum Gasteiger partial charge on any atom is 0.312 e. The number of hydrazone groups is 1. The van der Waals surface area contributed by atoms with Gasteiger partial charge in [-0.1, -0.05) is 23.5 Å². The Morgan fingerprint density at radius 2 is 2.28 bits per heavy atom. The first kappa shape index (κ1) is 23.8. The molecule has 10 nitrogen and oxygen atoms in total. The zero-order valence-corrected chi connectivity index (χ0v) is 19.8. The van der Waals surface area contributed by atoms with E-state index in [1.165, 1.54) is 4.68 Å². The fourth-order valence-electron chi connectivity index (χ4n) is 3.20. The number of ether oxygens (including phenoxy) is 1. The van der Waals surface area contributed by atoms with Gasteiger partial charge >= 0.3 is 5.69 Å². The quantitative estimate of drug-likeness (QED) is 0.351. The van der Waals surface area contributed by atoms with Gasteiger partial charge in [0.25, 0.3) is 5.91 Å². The van der Waals surface area contributed by atoms with Crippen LogP contribution in [0.15, 0.2) is 28.3 Å². The SMILES string of the molecule is COc1ccc(/C=N/NC(=O)C(C)n2nc(C)c([N+](=O)[O-])c2C)cc1CSC1=NCCS1. The van der Waals surface area contributed by atoms with E-state index in [0.717, 1.165) is 39.3 Å². The minimum Gasteiger partial charge on any atom is -0.496 e. The van der Waals surface area contributed by atoms with E-state index < -0.39 is 16.9 Å². The molecule has 0 spiro atoms. The summed E-state index contributed by atoms with van der Waals surface area (Å²) in [6, 6.07) is 4.90. The number of thioether (sulfide) groups is 2. The fraction of sp³-hybridized carbons (Fsp3) is 0.400. The Labute approximate surface area is 194 Å². The van der Waals surface area contributed by atoms with E-state index in [1.807, 2.05) is 18.2 Å². The van der Waals surface area contributed by atoms with Gasteiger partial charge in [0, 0.05) is 17.1 Å². The third kappa shape index (κ3) is 5.49. The normalized spacial score (nSPS) is 14.4. The van der Waals surface area contributed by atoms with E-state index in [9.17, 15) is 14.9 Å². The number of nitrogens with zero attached hydrogens (tertiary/aromatic N) is 5. The summed E-state index contributed by atoms with van der Waals surface area (Å²) in [6.45, 7) is 5.58. The summed E-state index contributed by atoms with van der Waals surface area (Å²) in [5.41, 5.74) is 4.79. The van der Waals surface area contributed by atoms with E-state index >= 15 is 0 Å². The summed E-state index contributed by atoms with van der Waals surface area (Å²) >= 11 is 3.43. The minimum absolute atomic E-state index is 0.0845. The van der Waals surface area contributed by atoms with Gasteiger partial charge in [0.1, 0.15) is 27.6 Å². The minimum atomic E-state index is -0.757. The number of nitro groups is 1. The van der Waals surface area contributed by atoms with Crippen molar-refractivity contribution < 1.29 is 14.5 Å². The molecule has 0 saturated heterocycles. The van der Waals surface area contributed by atoms with Gasteiger partial charge in [0.15, 0.2) is 0 Å². The highest BCUT2D eigenvalue weighted by molar-refractivity contribution is 8.38. The molecule has 1 aliphatic heterocycles. The van der Waals surface area contributed by atoms with Crippen molar-refractivity contribution in [3.8, 4) is 5.75 Å². The number of aromatic nitrogens is 2. The molecule has 170 valence electrons. The first-order valence-corrected chi connectivity index (χ1v) is 11.8. The van der Waals surface area contributed by atoms with Gasteiger partial charge in [0.05, 0.1) is 24.8 Å². The Morgan fingerprint density at radius 3 is 2.91 bits per heavy atom. The molecule has 1 amide bonds. The van der Waals surface area contributed by atoms with Crippen molar-refractivity contribution in [2.75, 3.05) is 19.4 Å². The smallest absolute Gasteiger partial charge is 0.312 e. The molecule has 2 heterocycles. The van der Waals surface area contributed by atoms with Crippen molar-refractivity contribution >= 4 is 45.7 Å². The van der Waals surface area contributed by atoms with Crippen LogP contribution in [0.2, 0.25) is 0 Å². The molecule has 2 aromatic rings. The largest absolute Gasteiger partial charge is 0.496 e. The van der Waals surface area contributed by atoms with Gasteiger partial charge in [-0.05, 0) is 44.5 Å². The van der Waals surface area contributed by atoms with Crippen molar-refractivity contribution in [1.82, 2.24) is 15.2 Å². The number of benzene rings is 1. The zero-order chi connectivity index (χ0) is 23.3. The van der Waals surface area contributed by atoms with Gasteiger partial charge in [-0.15, -0.1) is 0 Å². The molecule has 1 unspecified atom stereocenters. The monoisotopic (exact) mass is 476 g/mol. The van der Waals surface area contributed by atoms with Crippen LogP contribution < -0.4 is 10.2 Å². The van der Waals surface area contributed by atoms with E-state index in [4.69, 9.17) is 4.74 Å². The highest BCUT2D eigenvalue weighted by Gasteiger charge is 2.26. The average Bonchev–Trinajstić information content (AvgIpc) is 3.39. The summed E-state index contributed by atoms with van der Waals surface area (Å²) in [5.74, 6) is 2.09. The van der Waals surface area contributed by atoms with Gasteiger partial charge in [-0.2, -0.15) is 10.2 Å². The van der Waals surface area contributed by atoms with Crippen LogP contribution in [0, 0.1) is 24.0 Å². The molecule has 0 aliphatic carbocycles. The van der Waals surface area contributed by atoms with E-state index in [1.54, 1.807) is 57.6 Å². The highest BCUT2D eigenvalue weighted by atomic mass is 32.2. The molecule has 1 atom stereocenters. The second-order valence-corrected chi connectivity index (χ2v) is 9.29. The Morgan fingerprint density at radius 1 is 1.50 bits per heavy atom. The van der Waals surface area contributed by atoms with Crippen molar-refractivity contribution in [3.63, 3.8) is 0 Å². The first-order chi connectivity index (χ1) is 15.3. The highest BCUT2D eigenvalue weighted by Crippen LogP contribution is 2.29. The van der Waals surface area contributed by atoms with Crippen molar-refractivity contribution in [2.45, 2.75) is 32.6 Å². The van der Waals surface area contributed by atoms with Crippen molar-refractivity contribution in [1.29, 1.82) is 0 Å². The predicted octanol–water partition coefficient (Wildman–Crippen LogP) is 3.46. The van der Waals surface area contributed by atoms with Gasteiger partial charge < -0.3 is 4.74 Å². The average molecular weight is 477 g/mol. The summed E-state index contributed by atoms with van der Waals surface area (Å²) in [7, 11) is 1.63. The number of nitrogens with one attached hydrogen (secondary N) is 1. The molecule has 3 rings (SSSR count). The third-order valence-corrected chi connectivity index (χ3v) is 7.12. The maximum absolute atomic E-state index is 12.5. The summed E-state index contributed by atoms with van der Waals surface area (Å²) < 4.78 is 7.86. The van der Waals surface area contributed by atoms with Crippen LogP contribution in [0.5, 0.6) is 5.75 Å². The number of amides is 1. The Bertz CT molecular complexity index is 1080. The summed E-state index contributed by atoms with van der Waals surface area (Å²) in [6.07, 6.45) is 1.55. The lowest BCUT2D eigenvalue weighted by atomic mass is 10.1. The predicted molar refractivity (Wildman–Crippen MR) is 128 cm³/mol. The molecule has 1 aromatic carbocycles. The maximum atomic E-state index is 12.5.